The molecule has 4 rings (SSSR count). The van der Waals surface area contributed by atoms with Gasteiger partial charge in [0.15, 0.2) is 0 Å². The fourth-order valence-electron chi connectivity index (χ4n) is 5.10. The van der Waals surface area contributed by atoms with E-state index < -0.39 is 11.7 Å². The monoisotopic (exact) mass is 514 g/mol. The number of nitrogens with one attached hydrogen (secondary N) is 2. The summed E-state index contributed by atoms with van der Waals surface area (Å²) >= 11 is 0. The Bertz CT molecular complexity index is 1320. The Morgan fingerprint density at radius 3 is 2.13 bits per heavy atom. The van der Waals surface area contributed by atoms with E-state index in [-0.39, 0.29) is 11.9 Å². The molecule has 1 aromatic heterocycles. The normalized spacial score (nSPS) is 15.3. The molecule has 1 aliphatic rings. The molecule has 0 radical (unpaired) electrons. The molecule has 0 spiro atoms. The highest BCUT2D eigenvalue weighted by molar-refractivity contribution is 6.10. The number of alkyl carbamates (subject to hydrolysis) is 1. The minimum atomic E-state index is -0.566. The number of ether oxygens (including phenoxy) is 1. The fourth-order valence-corrected chi connectivity index (χ4v) is 5.10. The lowest BCUT2D eigenvalue weighted by atomic mass is 9.98. The summed E-state index contributed by atoms with van der Waals surface area (Å²) in [6.45, 7) is 14.9. The van der Waals surface area contributed by atoms with E-state index >= 15 is 0 Å². The zero-order valence-corrected chi connectivity index (χ0v) is 23.4. The number of anilines is 2. The molecular weight excluding hydrogens is 476 g/mol. The van der Waals surface area contributed by atoms with Crippen molar-refractivity contribution < 1.29 is 14.3 Å². The van der Waals surface area contributed by atoms with Crippen LogP contribution in [0.3, 0.4) is 0 Å². The first-order valence-corrected chi connectivity index (χ1v) is 13.1. The molecule has 7 nitrogen and oxygen atoms in total. The average molecular weight is 515 g/mol. The summed E-state index contributed by atoms with van der Waals surface area (Å²) in [4.78, 5) is 32.8. The molecule has 3 aromatic rings. The lowest BCUT2D eigenvalue weighted by Crippen LogP contribution is -2.40. The van der Waals surface area contributed by atoms with Gasteiger partial charge in [-0.15, -0.1) is 0 Å². The van der Waals surface area contributed by atoms with Crippen LogP contribution in [0.15, 0.2) is 48.8 Å². The maximum atomic E-state index is 13.7. The zero-order chi connectivity index (χ0) is 27.6. The number of hydrogen-bond donors (Lipinski definition) is 2. The molecule has 0 unspecified atom stereocenters. The summed E-state index contributed by atoms with van der Waals surface area (Å²) in [7, 11) is 0. The number of pyridine rings is 1. The highest BCUT2D eigenvalue weighted by Gasteiger charge is 2.30. The van der Waals surface area contributed by atoms with Crippen molar-refractivity contribution in [1.29, 1.82) is 0 Å². The number of amides is 2. The zero-order valence-electron chi connectivity index (χ0n) is 23.4. The van der Waals surface area contributed by atoms with Gasteiger partial charge in [0.25, 0.3) is 5.91 Å². The Morgan fingerprint density at radius 2 is 1.53 bits per heavy atom. The van der Waals surface area contributed by atoms with Crippen molar-refractivity contribution in [2.24, 2.45) is 0 Å². The number of aromatic nitrogens is 1. The van der Waals surface area contributed by atoms with Crippen LogP contribution in [-0.2, 0) is 4.74 Å². The maximum Gasteiger partial charge on any atom is 0.407 e. The van der Waals surface area contributed by atoms with Crippen LogP contribution in [0.5, 0.6) is 0 Å². The van der Waals surface area contributed by atoms with Crippen molar-refractivity contribution in [3.63, 3.8) is 0 Å². The summed E-state index contributed by atoms with van der Waals surface area (Å²) in [6.07, 6.45) is 3.77. The number of carbonyl (C=O) groups excluding carboxylic acids is 2. The summed E-state index contributed by atoms with van der Waals surface area (Å²) in [5.74, 6) is -0.215. The molecule has 2 N–H and O–H groups in total. The van der Waals surface area contributed by atoms with Crippen molar-refractivity contribution in [3.05, 3.63) is 76.6 Å². The molecule has 0 bridgehead atoms. The van der Waals surface area contributed by atoms with Gasteiger partial charge in [0.2, 0.25) is 0 Å². The summed E-state index contributed by atoms with van der Waals surface area (Å²) in [6, 6.07) is 12.3. The van der Waals surface area contributed by atoms with Crippen molar-refractivity contribution in [1.82, 2.24) is 10.3 Å². The second-order valence-electron chi connectivity index (χ2n) is 11.4. The van der Waals surface area contributed by atoms with Crippen LogP contribution in [0, 0.1) is 27.7 Å². The molecular formula is C31H38N4O3. The van der Waals surface area contributed by atoms with Crippen molar-refractivity contribution in [3.8, 4) is 11.1 Å². The Hall–Kier alpha value is -3.87. The van der Waals surface area contributed by atoms with Gasteiger partial charge in [-0.05, 0) is 83.7 Å². The van der Waals surface area contributed by atoms with Crippen LogP contribution < -0.4 is 15.5 Å². The molecule has 0 saturated carbocycles. The summed E-state index contributed by atoms with van der Waals surface area (Å²) < 4.78 is 5.46. The molecule has 1 aliphatic heterocycles. The molecule has 2 amide bonds. The van der Waals surface area contributed by atoms with Gasteiger partial charge in [-0.2, -0.15) is 0 Å². The molecule has 1 fully saturated rings. The average Bonchev–Trinajstić information content (AvgIpc) is 3.23. The summed E-state index contributed by atoms with van der Waals surface area (Å²) in [5, 5.41) is 6.07. The first-order valence-electron chi connectivity index (χ1n) is 13.1. The minimum absolute atomic E-state index is 0.0968. The number of hydrogen-bond acceptors (Lipinski definition) is 5. The minimum Gasteiger partial charge on any atom is -0.444 e. The third kappa shape index (κ3) is 6.71. The number of aryl methyl sites for hydroxylation is 4. The van der Waals surface area contributed by atoms with Gasteiger partial charge in [0, 0.05) is 36.7 Å². The van der Waals surface area contributed by atoms with Gasteiger partial charge in [-0.3, -0.25) is 9.78 Å². The fraction of sp³-hybridized carbons (Fsp3) is 0.387. The second kappa shape index (κ2) is 10.9. The molecule has 200 valence electrons. The van der Waals surface area contributed by atoms with Crippen LogP contribution in [-0.4, -0.2) is 41.7 Å². The maximum absolute atomic E-state index is 13.7. The van der Waals surface area contributed by atoms with Gasteiger partial charge >= 0.3 is 6.09 Å². The lowest BCUT2D eigenvalue weighted by Gasteiger charge is -2.26. The van der Waals surface area contributed by atoms with E-state index in [4.69, 9.17) is 4.74 Å². The van der Waals surface area contributed by atoms with E-state index in [2.05, 4.69) is 58.6 Å². The number of benzene rings is 2. The highest BCUT2D eigenvalue weighted by atomic mass is 16.6. The largest absolute Gasteiger partial charge is 0.444 e. The van der Waals surface area contributed by atoms with Crippen LogP contribution in [0.1, 0.15) is 59.8 Å². The van der Waals surface area contributed by atoms with Gasteiger partial charge in [0.1, 0.15) is 5.60 Å². The first-order chi connectivity index (χ1) is 17.9. The summed E-state index contributed by atoms with van der Waals surface area (Å²) in [5.41, 5.74) is 7.85. The van der Waals surface area contributed by atoms with Crippen LogP contribution in [0.4, 0.5) is 16.2 Å². The Morgan fingerprint density at radius 1 is 0.921 bits per heavy atom. The smallest absolute Gasteiger partial charge is 0.407 e. The van der Waals surface area contributed by atoms with E-state index in [1.54, 1.807) is 6.20 Å². The topological polar surface area (TPSA) is 83.6 Å². The predicted octanol–water partition coefficient (Wildman–Crippen LogP) is 6.34. The van der Waals surface area contributed by atoms with Gasteiger partial charge < -0.3 is 20.3 Å². The lowest BCUT2D eigenvalue weighted by molar-refractivity contribution is 0.0508. The van der Waals surface area contributed by atoms with Gasteiger partial charge in [-0.1, -0.05) is 35.4 Å². The Balaban J connectivity index is 1.70. The Labute approximate surface area is 225 Å². The number of rotatable bonds is 5. The second-order valence-corrected chi connectivity index (χ2v) is 11.4. The van der Waals surface area contributed by atoms with Crippen LogP contribution >= 0.6 is 0 Å². The van der Waals surface area contributed by atoms with E-state index in [0.29, 0.717) is 18.7 Å². The van der Waals surface area contributed by atoms with Crippen molar-refractivity contribution in [2.75, 3.05) is 23.3 Å². The number of nitrogens with zero attached hydrogens (tertiary/aromatic N) is 2. The van der Waals surface area contributed by atoms with E-state index in [1.807, 2.05) is 52.9 Å². The van der Waals surface area contributed by atoms with E-state index in [9.17, 15) is 9.59 Å². The van der Waals surface area contributed by atoms with Crippen LogP contribution in [0.2, 0.25) is 0 Å². The van der Waals surface area contributed by atoms with Gasteiger partial charge in [0.05, 0.1) is 17.3 Å². The quantitative estimate of drug-likeness (QED) is 0.415. The third-order valence-electron chi connectivity index (χ3n) is 6.40. The molecule has 2 heterocycles. The van der Waals surface area contributed by atoms with Crippen molar-refractivity contribution >= 4 is 23.4 Å². The number of carbonyl (C=O) groups is 2. The Kier molecular flexibility index (Phi) is 7.76. The SMILES string of the molecule is Cc1cc(C)cc(NC(=O)c2cncc(-c3cc(C)cc(C)c3)c2N2CC[C@H](NC(=O)OC(C)(C)C)C2)c1. The van der Waals surface area contributed by atoms with E-state index in [0.717, 1.165) is 51.2 Å². The standard InChI is InChI=1S/C31H38N4O3/c1-19-10-20(2)13-23(12-19)26-16-32-17-27(29(36)33-25-14-21(3)11-22(4)15-25)28(26)35-9-8-24(18-35)34-30(37)38-31(5,6)7/h10-17,24H,8-9,18H2,1-7H3,(H,33,36)(H,34,37)/t24-/m0/s1. The van der Waals surface area contributed by atoms with Crippen LogP contribution in [0.25, 0.3) is 11.1 Å². The molecule has 0 aliphatic carbocycles. The molecule has 38 heavy (non-hydrogen) atoms. The van der Waals surface area contributed by atoms with Gasteiger partial charge in [-0.25, -0.2) is 4.79 Å². The third-order valence-corrected chi connectivity index (χ3v) is 6.40. The molecule has 2 aromatic carbocycles. The predicted molar refractivity (Wildman–Crippen MR) is 153 cm³/mol. The van der Waals surface area contributed by atoms with E-state index in [1.165, 1.54) is 0 Å². The highest BCUT2D eigenvalue weighted by Crippen LogP contribution is 2.36. The molecule has 7 heteroatoms. The molecule has 1 atom stereocenters. The van der Waals surface area contributed by atoms with Crippen molar-refractivity contribution in [2.45, 2.75) is 66.5 Å². The first kappa shape index (κ1) is 27.2. The molecule has 1 saturated heterocycles.